The van der Waals surface area contributed by atoms with Gasteiger partial charge < -0.3 is 4.74 Å². The van der Waals surface area contributed by atoms with Gasteiger partial charge in [-0.05, 0) is 0 Å². The van der Waals surface area contributed by atoms with Crippen LogP contribution in [0.25, 0.3) is 0 Å². The summed E-state index contributed by atoms with van der Waals surface area (Å²) in [7, 11) is 0. The predicted octanol–water partition coefficient (Wildman–Crippen LogP) is 8.71. The van der Waals surface area contributed by atoms with E-state index in [1.807, 2.05) is 0 Å². The monoisotopic (exact) mass is 442 g/mol. The third-order valence-electron chi connectivity index (χ3n) is 2.35. The van der Waals surface area contributed by atoms with Gasteiger partial charge in [-0.15, -0.1) is 0 Å². The van der Waals surface area contributed by atoms with Gasteiger partial charge in [0.15, 0.2) is 5.75 Å². The van der Waals surface area contributed by atoms with Crippen LogP contribution in [0.5, 0.6) is 11.5 Å². The van der Waals surface area contributed by atoms with Crippen molar-refractivity contribution in [2.45, 2.75) is 0 Å². The third-order valence-corrected chi connectivity index (χ3v) is 5.79. The maximum absolute atomic E-state index is 6.06. The molecule has 0 aliphatic carbocycles. The van der Waals surface area contributed by atoms with Crippen LogP contribution >= 0.6 is 92.8 Å². The number of hydrogen-bond acceptors (Lipinski definition) is 1. The lowest BCUT2D eigenvalue weighted by atomic mass is 10.3. The van der Waals surface area contributed by atoms with E-state index in [1.54, 1.807) is 0 Å². The van der Waals surface area contributed by atoms with Crippen LogP contribution in [-0.4, -0.2) is 0 Å². The Labute approximate surface area is 160 Å². The number of hydrogen-bond donors (Lipinski definition) is 0. The van der Waals surface area contributed by atoms with Gasteiger partial charge in [0.05, 0.1) is 30.1 Å². The molecule has 1 nitrogen and oxygen atoms in total. The van der Waals surface area contributed by atoms with Crippen LogP contribution in [-0.2, 0) is 0 Å². The molecule has 2 aromatic carbocycles. The average molecular weight is 446 g/mol. The molecule has 0 saturated heterocycles. The minimum Gasteiger partial charge on any atom is -0.454 e. The molecule has 9 heteroatoms. The Hall–Kier alpha value is 0.560. The largest absolute Gasteiger partial charge is 0.454 e. The summed E-state index contributed by atoms with van der Waals surface area (Å²) < 4.78 is 5.55. The highest BCUT2D eigenvalue weighted by molar-refractivity contribution is 6.55. The molecule has 0 radical (unpaired) electrons. The van der Waals surface area contributed by atoms with Crippen molar-refractivity contribution in [2.24, 2.45) is 0 Å². The van der Waals surface area contributed by atoms with Crippen LogP contribution in [0.3, 0.4) is 0 Å². The molecule has 0 N–H and O–H groups in total. The summed E-state index contributed by atoms with van der Waals surface area (Å²) in [6.07, 6.45) is 0. The summed E-state index contributed by atoms with van der Waals surface area (Å²) in [5.74, 6) is 0.292. The van der Waals surface area contributed by atoms with Gasteiger partial charge in [0.1, 0.15) is 15.8 Å². The van der Waals surface area contributed by atoms with E-state index < -0.39 is 0 Å². The second-order valence-corrected chi connectivity index (χ2v) is 6.78. The maximum Gasteiger partial charge on any atom is 0.167 e. The Morgan fingerprint density at radius 2 is 0.905 bits per heavy atom. The molecule has 2 aromatic rings. The molecule has 0 fully saturated rings. The second kappa shape index (κ2) is 6.98. The van der Waals surface area contributed by atoms with Crippen LogP contribution in [0.15, 0.2) is 12.1 Å². The van der Waals surface area contributed by atoms with Crippen molar-refractivity contribution < 1.29 is 4.74 Å². The van der Waals surface area contributed by atoms with Crippen molar-refractivity contribution >= 4 is 92.8 Å². The first-order valence-electron chi connectivity index (χ1n) is 5.07. The highest BCUT2D eigenvalue weighted by atomic mass is 35.5. The number of rotatable bonds is 2. The van der Waals surface area contributed by atoms with Gasteiger partial charge in [-0.25, -0.2) is 0 Å². The molecule has 0 aromatic heterocycles. The molecular formula is C12H2Cl8O. The summed E-state index contributed by atoms with van der Waals surface area (Å²) in [6.45, 7) is 0. The highest BCUT2D eigenvalue weighted by Crippen LogP contribution is 2.50. The van der Waals surface area contributed by atoms with E-state index >= 15 is 0 Å². The lowest BCUT2D eigenvalue weighted by Gasteiger charge is -2.14. The SMILES string of the molecule is Clc1cc(Oc2c(Cl)c(Cl)c(Cl)c(Cl)c2Cl)cc(Cl)c1Cl. The third kappa shape index (κ3) is 3.57. The summed E-state index contributed by atoms with van der Waals surface area (Å²) in [5.41, 5.74) is 0. The summed E-state index contributed by atoms with van der Waals surface area (Å²) in [6, 6.07) is 2.89. The molecule has 0 amide bonds. The fraction of sp³-hybridized carbons (Fsp3) is 0. The van der Waals surface area contributed by atoms with Gasteiger partial charge in [-0.2, -0.15) is 0 Å². The second-order valence-electron chi connectivity index (χ2n) is 3.70. The van der Waals surface area contributed by atoms with Crippen LogP contribution < -0.4 is 4.74 Å². The van der Waals surface area contributed by atoms with Crippen molar-refractivity contribution in [2.75, 3.05) is 0 Å². The summed E-state index contributed by atoms with van der Waals surface area (Å²) >= 11 is 47.6. The molecule has 21 heavy (non-hydrogen) atoms. The average Bonchev–Trinajstić information content (AvgIpc) is 2.45. The molecule has 0 atom stereocenters. The zero-order valence-electron chi connectivity index (χ0n) is 9.59. The fourth-order valence-corrected chi connectivity index (χ4v) is 3.16. The molecular weight excluding hydrogens is 444 g/mol. The summed E-state index contributed by atoms with van der Waals surface area (Å²) in [5, 5.41) is 0.720. The summed E-state index contributed by atoms with van der Waals surface area (Å²) in [4.78, 5) is 0. The van der Waals surface area contributed by atoms with Crippen molar-refractivity contribution in [3.8, 4) is 11.5 Å². The van der Waals surface area contributed by atoms with Crippen molar-refractivity contribution in [3.63, 3.8) is 0 Å². The lowest BCUT2D eigenvalue weighted by molar-refractivity contribution is 0.483. The minimum atomic E-state index is 0.0123. The molecule has 0 unspecified atom stereocenters. The first-order chi connectivity index (χ1) is 9.73. The topological polar surface area (TPSA) is 9.23 Å². The van der Waals surface area contributed by atoms with Crippen LogP contribution in [0.1, 0.15) is 0 Å². The molecule has 2 rings (SSSR count). The van der Waals surface area contributed by atoms with Crippen molar-refractivity contribution in [1.82, 2.24) is 0 Å². The van der Waals surface area contributed by atoms with Crippen molar-refractivity contribution in [1.29, 1.82) is 0 Å². The van der Waals surface area contributed by atoms with Crippen molar-refractivity contribution in [3.05, 3.63) is 52.3 Å². The smallest absolute Gasteiger partial charge is 0.167 e. The van der Waals surface area contributed by atoms with E-state index in [4.69, 9.17) is 97.5 Å². The molecule has 0 spiro atoms. The van der Waals surface area contributed by atoms with Gasteiger partial charge in [0, 0.05) is 12.1 Å². The zero-order chi connectivity index (χ0) is 15.9. The minimum absolute atomic E-state index is 0.0123. The van der Waals surface area contributed by atoms with Gasteiger partial charge in [0.25, 0.3) is 0 Å². The maximum atomic E-state index is 6.06. The fourth-order valence-electron chi connectivity index (χ4n) is 1.38. The Balaban J connectivity index is 2.55. The lowest BCUT2D eigenvalue weighted by Crippen LogP contribution is -1.90. The Morgan fingerprint density at radius 3 is 1.33 bits per heavy atom. The normalized spacial score (nSPS) is 10.9. The first-order valence-corrected chi connectivity index (χ1v) is 8.10. The first kappa shape index (κ1) is 17.9. The molecule has 0 aliphatic heterocycles. The van der Waals surface area contributed by atoms with Crippen LogP contribution in [0.2, 0.25) is 40.2 Å². The highest BCUT2D eigenvalue weighted by Gasteiger charge is 2.21. The zero-order valence-corrected chi connectivity index (χ0v) is 15.6. The molecule has 0 bridgehead atoms. The molecule has 0 saturated carbocycles. The number of benzene rings is 2. The standard InChI is InChI=1S/C12H2Cl8O/c13-4-1-3(2-5(14)6(4)15)21-12-10(19)8(17)7(16)9(18)11(12)20/h1-2H. The van der Waals surface area contributed by atoms with Gasteiger partial charge in [0.2, 0.25) is 0 Å². The van der Waals surface area contributed by atoms with Crippen LogP contribution in [0.4, 0.5) is 0 Å². The Bertz CT molecular complexity index is 676. The van der Waals surface area contributed by atoms with Gasteiger partial charge in [-0.1, -0.05) is 92.8 Å². The Kier molecular flexibility index (Phi) is 5.96. The number of ether oxygens (including phenoxy) is 1. The van der Waals surface area contributed by atoms with E-state index in [-0.39, 0.29) is 51.7 Å². The molecule has 0 heterocycles. The molecule has 112 valence electrons. The van der Waals surface area contributed by atoms with Gasteiger partial charge in [-0.3, -0.25) is 0 Å². The van der Waals surface area contributed by atoms with E-state index in [2.05, 4.69) is 0 Å². The van der Waals surface area contributed by atoms with E-state index in [0.717, 1.165) is 0 Å². The van der Waals surface area contributed by atoms with E-state index in [0.29, 0.717) is 0 Å². The number of halogens is 8. The Morgan fingerprint density at radius 1 is 0.524 bits per heavy atom. The van der Waals surface area contributed by atoms with E-state index in [9.17, 15) is 0 Å². The molecule has 0 aliphatic rings. The quantitative estimate of drug-likeness (QED) is 0.332. The predicted molar refractivity (Wildman–Crippen MR) is 93.0 cm³/mol. The van der Waals surface area contributed by atoms with Crippen LogP contribution in [0, 0.1) is 0 Å². The van der Waals surface area contributed by atoms with Gasteiger partial charge >= 0.3 is 0 Å². The van der Waals surface area contributed by atoms with E-state index in [1.165, 1.54) is 12.1 Å².